The molecule has 4 aromatic rings. The van der Waals surface area contributed by atoms with E-state index in [1.165, 1.54) is 24.3 Å². The fourth-order valence-corrected chi connectivity index (χ4v) is 4.39. The van der Waals surface area contributed by atoms with Crippen molar-refractivity contribution in [2.24, 2.45) is 5.92 Å². The first-order valence-electron chi connectivity index (χ1n) is 12.2. The predicted octanol–water partition coefficient (Wildman–Crippen LogP) is 6.49. The second kappa shape index (κ2) is 10.7. The van der Waals surface area contributed by atoms with E-state index < -0.39 is 29.7 Å². The highest BCUT2D eigenvalue weighted by atomic mass is 19.4. The van der Waals surface area contributed by atoms with Gasteiger partial charge in [0.2, 0.25) is 0 Å². The van der Waals surface area contributed by atoms with E-state index in [9.17, 15) is 22.8 Å². The fraction of sp³-hybridized carbons (Fsp3) is 0.276. The lowest BCUT2D eigenvalue weighted by molar-refractivity contribution is -0.137. The van der Waals surface area contributed by atoms with Crippen LogP contribution in [0, 0.1) is 5.92 Å². The van der Waals surface area contributed by atoms with Crippen molar-refractivity contribution in [3.8, 4) is 0 Å². The summed E-state index contributed by atoms with van der Waals surface area (Å²) in [4.78, 5) is 24.6. The second-order valence-corrected chi connectivity index (χ2v) is 9.73. The Morgan fingerprint density at radius 2 is 1.63 bits per heavy atom. The molecule has 4 rings (SSSR count). The van der Waals surface area contributed by atoms with Gasteiger partial charge in [-0.15, -0.1) is 0 Å². The van der Waals surface area contributed by atoms with E-state index in [0.29, 0.717) is 23.9 Å². The molecule has 1 amide bonds. The van der Waals surface area contributed by atoms with Crippen molar-refractivity contribution in [3.63, 3.8) is 0 Å². The molecular formula is C29H28F3N3O3. The van der Waals surface area contributed by atoms with Gasteiger partial charge in [0, 0.05) is 11.9 Å². The molecule has 3 aromatic carbocycles. The molecule has 9 heteroatoms. The van der Waals surface area contributed by atoms with Crippen LogP contribution in [-0.2, 0) is 19.1 Å². The minimum atomic E-state index is -4.41. The second-order valence-electron chi connectivity index (χ2n) is 9.73. The van der Waals surface area contributed by atoms with Crippen molar-refractivity contribution in [2.45, 2.75) is 46.0 Å². The zero-order valence-corrected chi connectivity index (χ0v) is 21.2. The van der Waals surface area contributed by atoms with Crippen LogP contribution in [0.15, 0.2) is 66.7 Å². The molecule has 38 heavy (non-hydrogen) atoms. The summed E-state index contributed by atoms with van der Waals surface area (Å²) < 4.78 is 40.8. The van der Waals surface area contributed by atoms with Crippen molar-refractivity contribution >= 4 is 22.8 Å². The maximum absolute atomic E-state index is 13.5. The number of rotatable bonds is 8. The number of alkyl halides is 3. The number of hydrogen-bond acceptors (Lipinski definition) is 3. The van der Waals surface area contributed by atoms with Gasteiger partial charge in [0.1, 0.15) is 0 Å². The molecule has 0 aliphatic rings. The standard InChI is InChI=1S/C29H28F3N3O3/c1-17(2)16-35-24-6-4-5-22(15-19-7-13-23(14-8-19)29(30,31)32)25(24)26(34-35)27(36)33-18(3)20-9-11-21(12-10-20)28(37)38/h4-14,17-18H,15-16H2,1-3H3,(H,33,36)(H,37,38)/t18-/m0/s1. The van der Waals surface area contributed by atoms with Gasteiger partial charge in [-0.3, -0.25) is 9.48 Å². The maximum atomic E-state index is 13.5. The predicted molar refractivity (Wildman–Crippen MR) is 138 cm³/mol. The Hall–Kier alpha value is -4.14. The summed E-state index contributed by atoms with van der Waals surface area (Å²) in [7, 11) is 0. The summed E-state index contributed by atoms with van der Waals surface area (Å²) in [6.45, 7) is 6.47. The number of carbonyl (C=O) groups is 2. The number of aromatic carboxylic acids is 1. The number of amides is 1. The van der Waals surface area contributed by atoms with Gasteiger partial charge in [-0.1, -0.05) is 50.2 Å². The number of hydrogen-bond donors (Lipinski definition) is 2. The lowest BCUT2D eigenvalue weighted by atomic mass is 9.98. The third-order valence-electron chi connectivity index (χ3n) is 6.30. The van der Waals surface area contributed by atoms with E-state index in [2.05, 4.69) is 10.4 Å². The average Bonchev–Trinajstić information content (AvgIpc) is 3.22. The fourth-order valence-electron chi connectivity index (χ4n) is 4.39. The van der Waals surface area contributed by atoms with Crippen LogP contribution in [0.5, 0.6) is 0 Å². The molecule has 1 aromatic heterocycles. The summed E-state index contributed by atoms with van der Waals surface area (Å²) in [5.74, 6) is -1.16. The zero-order valence-electron chi connectivity index (χ0n) is 21.2. The highest BCUT2D eigenvalue weighted by Crippen LogP contribution is 2.31. The van der Waals surface area contributed by atoms with E-state index >= 15 is 0 Å². The molecule has 1 heterocycles. The molecule has 0 spiro atoms. The SMILES string of the molecule is CC(C)Cn1nc(C(=O)N[C@@H](C)c2ccc(C(=O)O)cc2)c2c(Cc3ccc(C(F)(F)F)cc3)cccc21. The first kappa shape index (κ1) is 26.9. The molecule has 1 atom stereocenters. The Morgan fingerprint density at radius 1 is 0.974 bits per heavy atom. The van der Waals surface area contributed by atoms with Gasteiger partial charge in [-0.2, -0.15) is 18.3 Å². The monoisotopic (exact) mass is 523 g/mol. The molecule has 0 fully saturated rings. The summed E-state index contributed by atoms with van der Waals surface area (Å²) in [6, 6.07) is 16.4. The van der Waals surface area contributed by atoms with Gasteiger partial charge < -0.3 is 10.4 Å². The summed E-state index contributed by atoms with van der Waals surface area (Å²) >= 11 is 0. The van der Waals surface area contributed by atoms with E-state index in [-0.39, 0.29) is 17.2 Å². The number of nitrogens with one attached hydrogen (secondary N) is 1. The van der Waals surface area contributed by atoms with Gasteiger partial charge in [0.15, 0.2) is 5.69 Å². The van der Waals surface area contributed by atoms with Crippen molar-refractivity contribution in [2.75, 3.05) is 0 Å². The third kappa shape index (κ3) is 5.88. The Morgan fingerprint density at radius 3 is 2.21 bits per heavy atom. The maximum Gasteiger partial charge on any atom is 0.416 e. The van der Waals surface area contributed by atoms with Crippen LogP contribution < -0.4 is 5.32 Å². The van der Waals surface area contributed by atoms with Crippen molar-refractivity contribution in [1.82, 2.24) is 15.1 Å². The smallest absolute Gasteiger partial charge is 0.416 e. The van der Waals surface area contributed by atoms with Gasteiger partial charge in [-0.25, -0.2) is 4.79 Å². The Kier molecular flexibility index (Phi) is 7.57. The first-order valence-corrected chi connectivity index (χ1v) is 12.2. The summed E-state index contributed by atoms with van der Waals surface area (Å²) in [5, 5.41) is 17.4. The molecule has 0 aliphatic heterocycles. The number of carbonyl (C=O) groups excluding carboxylic acids is 1. The molecule has 0 aliphatic carbocycles. The summed E-state index contributed by atoms with van der Waals surface area (Å²) in [5.41, 5.74) is 2.64. The van der Waals surface area contributed by atoms with E-state index in [4.69, 9.17) is 5.11 Å². The molecule has 0 radical (unpaired) electrons. The van der Waals surface area contributed by atoms with Gasteiger partial charge >= 0.3 is 12.1 Å². The van der Waals surface area contributed by atoms with Gasteiger partial charge in [0.05, 0.1) is 22.7 Å². The topological polar surface area (TPSA) is 84.2 Å². The van der Waals surface area contributed by atoms with Crippen molar-refractivity contribution in [1.29, 1.82) is 0 Å². The number of fused-ring (bicyclic) bond motifs is 1. The van der Waals surface area contributed by atoms with Gasteiger partial charge in [0.25, 0.3) is 5.91 Å². The lowest BCUT2D eigenvalue weighted by Gasteiger charge is -2.14. The van der Waals surface area contributed by atoms with Crippen molar-refractivity contribution in [3.05, 3.63) is 100 Å². The van der Waals surface area contributed by atoms with E-state index in [1.807, 2.05) is 32.0 Å². The lowest BCUT2D eigenvalue weighted by Crippen LogP contribution is -2.27. The molecular weight excluding hydrogens is 495 g/mol. The average molecular weight is 524 g/mol. The Labute approximate surface area is 218 Å². The minimum absolute atomic E-state index is 0.151. The van der Waals surface area contributed by atoms with Crippen LogP contribution in [0.1, 0.15) is 69.9 Å². The molecule has 2 N–H and O–H groups in total. The highest BCUT2D eigenvalue weighted by molar-refractivity contribution is 6.06. The number of carboxylic acid groups (broad SMARTS) is 1. The van der Waals surface area contributed by atoms with Crippen LogP contribution in [-0.4, -0.2) is 26.8 Å². The number of nitrogens with zero attached hydrogens (tertiary/aromatic N) is 2. The molecule has 0 saturated heterocycles. The number of aromatic nitrogens is 2. The Balaban J connectivity index is 1.68. The Bertz CT molecular complexity index is 1460. The molecule has 198 valence electrons. The van der Waals surface area contributed by atoms with Crippen LogP contribution >= 0.6 is 0 Å². The van der Waals surface area contributed by atoms with Gasteiger partial charge in [-0.05, 0) is 66.3 Å². The number of benzene rings is 3. The van der Waals surface area contributed by atoms with E-state index in [1.54, 1.807) is 23.7 Å². The van der Waals surface area contributed by atoms with Crippen LogP contribution in [0.2, 0.25) is 0 Å². The molecule has 0 bridgehead atoms. The normalized spacial score (nSPS) is 12.6. The zero-order chi connectivity index (χ0) is 27.6. The summed E-state index contributed by atoms with van der Waals surface area (Å²) in [6.07, 6.45) is -4.08. The first-order chi connectivity index (χ1) is 17.9. The molecule has 0 unspecified atom stereocenters. The van der Waals surface area contributed by atoms with E-state index in [0.717, 1.165) is 28.8 Å². The molecule has 0 saturated carbocycles. The number of carboxylic acids is 1. The quantitative estimate of drug-likeness (QED) is 0.277. The van der Waals surface area contributed by atoms with Crippen molar-refractivity contribution < 1.29 is 27.9 Å². The highest BCUT2D eigenvalue weighted by Gasteiger charge is 2.30. The largest absolute Gasteiger partial charge is 0.478 e. The van der Waals surface area contributed by atoms with Crippen LogP contribution in [0.4, 0.5) is 13.2 Å². The minimum Gasteiger partial charge on any atom is -0.478 e. The van der Waals surface area contributed by atoms with Crippen LogP contribution in [0.3, 0.4) is 0 Å². The number of halogens is 3. The van der Waals surface area contributed by atoms with Crippen LogP contribution in [0.25, 0.3) is 10.9 Å². The molecule has 6 nitrogen and oxygen atoms in total. The third-order valence-corrected chi connectivity index (χ3v) is 6.30.